The van der Waals surface area contributed by atoms with Crippen molar-refractivity contribution in [2.45, 2.75) is 11.8 Å². The highest BCUT2D eigenvalue weighted by Crippen LogP contribution is 2.58. The Bertz CT molecular complexity index is 993. The summed E-state index contributed by atoms with van der Waals surface area (Å²) in [6.45, 7) is 0. The van der Waals surface area contributed by atoms with Gasteiger partial charge in [0.2, 0.25) is 5.91 Å². The summed E-state index contributed by atoms with van der Waals surface area (Å²) in [5.74, 6) is 0.109. The van der Waals surface area contributed by atoms with Crippen molar-refractivity contribution in [1.29, 1.82) is 0 Å². The molecule has 0 heterocycles. The zero-order valence-corrected chi connectivity index (χ0v) is 16.1. The second-order valence-electron chi connectivity index (χ2n) is 7.13. The van der Waals surface area contributed by atoms with Crippen molar-refractivity contribution in [1.82, 2.24) is 5.43 Å². The first-order valence-electron chi connectivity index (χ1n) is 9.46. The molecular weight excluding hydrogens is 364 g/mol. The summed E-state index contributed by atoms with van der Waals surface area (Å²) in [5, 5.41) is 13.9. The molecule has 3 aromatic carbocycles. The van der Waals surface area contributed by atoms with Gasteiger partial charge in [-0.3, -0.25) is 4.79 Å². The number of hydrazone groups is 1. The molecule has 3 aromatic rings. The van der Waals surface area contributed by atoms with E-state index in [0.717, 1.165) is 17.5 Å². The zero-order valence-electron chi connectivity index (χ0n) is 16.1. The lowest BCUT2D eigenvalue weighted by molar-refractivity contribution is -0.122. The quantitative estimate of drug-likeness (QED) is 0.499. The van der Waals surface area contributed by atoms with E-state index in [0.29, 0.717) is 11.3 Å². The Kier molecular flexibility index (Phi) is 5.04. The third-order valence-corrected chi connectivity index (χ3v) is 5.45. The molecule has 0 spiro atoms. The molecule has 0 aromatic heterocycles. The van der Waals surface area contributed by atoms with Gasteiger partial charge >= 0.3 is 0 Å². The highest BCUT2D eigenvalue weighted by atomic mass is 16.5. The van der Waals surface area contributed by atoms with Gasteiger partial charge < -0.3 is 9.84 Å². The summed E-state index contributed by atoms with van der Waals surface area (Å²) < 4.78 is 5.03. The molecule has 4 rings (SSSR count). The van der Waals surface area contributed by atoms with Gasteiger partial charge in [-0.1, -0.05) is 60.7 Å². The standard InChI is InChI=1S/C24H22N2O3/c1-29-22-13-12-17(14-21(22)27)16-25-26-23(28)20-15-24(20,18-8-4-2-5-9-18)19-10-6-3-7-11-19/h2-14,16,20,27H,15H2,1H3,(H,26,28)/b25-16-/t20-/m0/s1. The minimum absolute atomic E-state index is 0.0251. The summed E-state index contributed by atoms with van der Waals surface area (Å²) in [6, 6.07) is 25.2. The average molecular weight is 386 g/mol. The Morgan fingerprint density at radius 1 is 1.07 bits per heavy atom. The molecule has 0 saturated heterocycles. The fraction of sp³-hybridized carbons (Fsp3) is 0.167. The molecule has 2 N–H and O–H groups in total. The molecule has 1 atom stereocenters. The Morgan fingerprint density at radius 3 is 2.24 bits per heavy atom. The molecule has 146 valence electrons. The van der Waals surface area contributed by atoms with Crippen LogP contribution < -0.4 is 10.2 Å². The van der Waals surface area contributed by atoms with Gasteiger partial charge in [-0.05, 0) is 41.3 Å². The number of rotatable bonds is 6. The van der Waals surface area contributed by atoms with Gasteiger partial charge in [-0.2, -0.15) is 5.10 Å². The molecule has 0 aliphatic heterocycles. The van der Waals surface area contributed by atoms with Gasteiger partial charge in [0, 0.05) is 5.41 Å². The molecule has 29 heavy (non-hydrogen) atoms. The third-order valence-electron chi connectivity index (χ3n) is 5.45. The van der Waals surface area contributed by atoms with Crippen LogP contribution in [0.4, 0.5) is 0 Å². The number of benzene rings is 3. The number of nitrogens with one attached hydrogen (secondary N) is 1. The van der Waals surface area contributed by atoms with Crippen LogP contribution in [0.1, 0.15) is 23.1 Å². The summed E-state index contributed by atoms with van der Waals surface area (Å²) in [7, 11) is 1.49. The van der Waals surface area contributed by atoms with E-state index in [2.05, 4.69) is 34.8 Å². The van der Waals surface area contributed by atoms with Crippen LogP contribution in [-0.2, 0) is 10.2 Å². The molecule has 1 fully saturated rings. The summed E-state index contributed by atoms with van der Waals surface area (Å²) in [6.07, 6.45) is 2.25. The molecular formula is C24H22N2O3. The van der Waals surface area contributed by atoms with Crippen LogP contribution in [0, 0.1) is 5.92 Å². The number of carbonyl (C=O) groups is 1. The fourth-order valence-electron chi connectivity index (χ4n) is 3.89. The molecule has 1 aliphatic carbocycles. The first-order chi connectivity index (χ1) is 14.1. The third kappa shape index (κ3) is 3.59. The van der Waals surface area contributed by atoms with E-state index in [1.807, 2.05) is 36.4 Å². The van der Waals surface area contributed by atoms with E-state index < -0.39 is 0 Å². The van der Waals surface area contributed by atoms with Crippen molar-refractivity contribution in [2.75, 3.05) is 7.11 Å². The van der Waals surface area contributed by atoms with E-state index in [1.165, 1.54) is 19.4 Å². The number of phenolic OH excluding ortho intramolecular Hbond substituents is 1. The van der Waals surface area contributed by atoms with Gasteiger partial charge in [-0.25, -0.2) is 5.43 Å². The predicted molar refractivity (Wildman–Crippen MR) is 112 cm³/mol. The zero-order chi connectivity index (χ0) is 20.3. The molecule has 0 bridgehead atoms. The van der Waals surface area contributed by atoms with Crippen molar-refractivity contribution in [3.63, 3.8) is 0 Å². The first-order valence-corrected chi connectivity index (χ1v) is 9.46. The topological polar surface area (TPSA) is 70.9 Å². The monoisotopic (exact) mass is 386 g/mol. The number of aromatic hydroxyl groups is 1. The Balaban J connectivity index is 1.51. The van der Waals surface area contributed by atoms with Crippen molar-refractivity contribution < 1.29 is 14.6 Å². The normalized spacial score (nSPS) is 17.1. The average Bonchev–Trinajstić information content (AvgIpc) is 3.52. The smallest absolute Gasteiger partial charge is 0.244 e. The minimum atomic E-state index is -0.319. The molecule has 0 unspecified atom stereocenters. The van der Waals surface area contributed by atoms with Crippen LogP contribution >= 0.6 is 0 Å². The van der Waals surface area contributed by atoms with Gasteiger partial charge in [0.15, 0.2) is 11.5 Å². The Hall–Kier alpha value is -3.60. The maximum absolute atomic E-state index is 12.8. The number of hydrogen-bond acceptors (Lipinski definition) is 4. The van der Waals surface area contributed by atoms with Crippen molar-refractivity contribution >= 4 is 12.1 Å². The number of amides is 1. The second kappa shape index (κ2) is 7.80. The Labute approximate surface area is 169 Å². The SMILES string of the molecule is COc1ccc(/C=N\NC(=O)[C@@H]2CC2(c2ccccc2)c2ccccc2)cc1O. The van der Waals surface area contributed by atoms with E-state index in [9.17, 15) is 9.90 Å². The maximum atomic E-state index is 12.8. The highest BCUT2D eigenvalue weighted by Gasteiger charge is 2.60. The van der Waals surface area contributed by atoms with E-state index in [4.69, 9.17) is 4.74 Å². The summed E-state index contributed by atoms with van der Waals surface area (Å²) in [4.78, 5) is 12.8. The van der Waals surface area contributed by atoms with E-state index >= 15 is 0 Å². The van der Waals surface area contributed by atoms with E-state index in [1.54, 1.807) is 12.1 Å². The Morgan fingerprint density at radius 2 is 1.69 bits per heavy atom. The lowest BCUT2D eigenvalue weighted by atomic mass is 9.85. The van der Waals surface area contributed by atoms with Gasteiger partial charge in [0.25, 0.3) is 0 Å². The van der Waals surface area contributed by atoms with Gasteiger partial charge in [0.1, 0.15) is 0 Å². The fourth-order valence-corrected chi connectivity index (χ4v) is 3.89. The lowest BCUT2D eigenvalue weighted by Crippen LogP contribution is -2.25. The molecule has 0 radical (unpaired) electrons. The van der Waals surface area contributed by atoms with Crippen molar-refractivity contribution in [3.05, 3.63) is 95.6 Å². The van der Waals surface area contributed by atoms with Crippen molar-refractivity contribution in [2.24, 2.45) is 11.0 Å². The van der Waals surface area contributed by atoms with E-state index in [-0.39, 0.29) is 23.0 Å². The number of ether oxygens (including phenoxy) is 1. The van der Waals surface area contributed by atoms with Gasteiger partial charge in [-0.15, -0.1) is 0 Å². The summed E-state index contributed by atoms with van der Waals surface area (Å²) >= 11 is 0. The van der Waals surface area contributed by atoms with Crippen LogP contribution in [0.2, 0.25) is 0 Å². The highest BCUT2D eigenvalue weighted by molar-refractivity contribution is 5.88. The maximum Gasteiger partial charge on any atom is 0.244 e. The minimum Gasteiger partial charge on any atom is -0.504 e. The molecule has 1 saturated carbocycles. The van der Waals surface area contributed by atoms with Crippen LogP contribution in [0.25, 0.3) is 0 Å². The van der Waals surface area contributed by atoms with Gasteiger partial charge in [0.05, 0.1) is 19.2 Å². The number of phenols is 1. The summed E-state index contributed by atoms with van der Waals surface area (Å²) in [5.41, 5.74) is 5.27. The molecule has 5 nitrogen and oxygen atoms in total. The van der Waals surface area contributed by atoms with Crippen LogP contribution in [0.15, 0.2) is 84.0 Å². The molecule has 1 amide bonds. The predicted octanol–water partition coefficient (Wildman–Crippen LogP) is 3.86. The van der Waals surface area contributed by atoms with Crippen LogP contribution in [0.5, 0.6) is 11.5 Å². The number of hydrogen-bond donors (Lipinski definition) is 2. The van der Waals surface area contributed by atoms with Crippen LogP contribution in [0.3, 0.4) is 0 Å². The lowest BCUT2D eigenvalue weighted by Gasteiger charge is -2.18. The molecule has 1 aliphatic rings. The second-order valence-corrected chi connectivity index (χ2v) is 7.13. The number of nitrogens with zero attached hydrogens (tertiary/aromatic N) is 1. The first kappa shape index (κ1) is 18.7. The number of carbonyl (C=O) groups excluding carboxylic acids is 1. The largest absolute Gasteiger partial charge is 0.504 e. The van der Waals surface area contributed by atoms with Crippen LogP contribution in [-0.4, -0.2) is 24.3 Å². The van der Waals surface area contributed by atoms with Crippen molar-refractivity contribution in [3.8, 4) is 11.5 Å². The number of methoxy groups -OCH3 is 1. The molecule has 5 heteroatoms.